The van der Waals surface area contributed by atoms with Gasteiger partial charge in [0.15, 0.2) is 16.0 Å². The number of ketones is 1. The number of hydrogen-bond acceptors (Lipinski definition) is 6. The van der Waals surface area contributed by atoms with Crippen LogP contribution in [0.25, 0.3) is 6.08 Å². The minimum absolute atomic E-state index is 0.123. The molecule has 0 unspecified atom stereocenters. The van der Waals surface area contributed by atoms with Crippen LogP contribution in [0.3, 0.4) is 0 Å². The molecule has 2 N–H and O–H groups in total. The first-order chi connectivity index (χ1) is 12.5. The van der Waals surface area contributed by atoms with E-state index >= 15 is 0 Å². The van der Waals surface area contributed by atoms with E-state index in [2.05, 4.69) is 22.5 Å². The van der Waals surface area contributed by atoms with E-state index in [1.54, 1.807) is 31.4 Å². The van der Waals surface area contributed by atoms with Crippen molar-refractivity contribution in [2.45, 2.75) is 39.5 Å². The average Bonchev–Trinajstić information content (AvgIpc) is 3.22. The minimum atomic E-state index is -0.168. The molecular weight excluding hydrogens is 370 g/mol. The summed E-state index contributed by atoms with van der Waals surface area (Å²) in [5.41, 5.74) is 0.601. The van der Waals surface area contributed by atoms with Gasteiger partial charge < -0.3 is 15.1 Å². The van der Waals surface area contributed by atoms with Crippen LogP contribution in [0.1, 0.15) is 53.7 Å². The van der Waals surface area contributed by atoms with Crippen LogP contribution < -0.4 is 10.6 Å². The highest BCUT2D eigenvalue weighted by Crippen LogP contribution is 2.23. The Morgan fingerprint density at radius 2 is 2.19 bits per heavy atom. The molecule has 0 bridgehead atoms. The first kappa shape index (κ1) is 20.0. The molecular formula is C18H21N3O3S2. The van der Waals surface area contributed by atoms with Crippen LogP contribution in [-0.4, -0.2) is 21.8 Å². The predicted molar refractivity (Wildman–Crippen MR) is 107 cm³/mol. The van der Waals surface area contributed by atoms with Gasteiger partial charge in [0, 0.05) is 6.42 Å². The van der Waals surface area contributed by atoms with Gasteiger partial charge in [-0.25, -0.2) is 4.98 Å². The number of aromatic nitrogens is 1. The van der Waals surface area contributed by atoms with Crippen molar-refractivity contribution in [3.63, 3.8) is 0 Å². The van der Waals surface area contributed by atoms with Crippen LogP contribution in [0.5, 0.6) is 0 Å². The maximum Gasteiger partial charge on any atom is 0.226 e. The molecule has 0 aliphatic heterocycles. The highest BCUT2D eigenvalue weighted by Gasteiger charge is 2.14. The maximum absolute atomic E-state index is 12.3. The van der Waals surface area contributed by atoms with E-state index in [1.165, 1.54) is 17.4 Å². The molecule has 0 saturated carbocycles. The van der Waals surface area contributed by atoms with Gasteiger partial charge in [-0.05, 0) is 49.8 Å². The van der Waals surface area contributed by atoms with Gasteiger partial charge in [-0.1, -0.05) is 31.1 Å². The third kappa shape index (κ3) is 6.20. The number of hydrogen-bond donors (Lipinski definition) is 2. The number of thiocarbonyl (C=S) groups is 1. The lowest BCUT2D eigenvalue weighted by molar-refractivity contribution is -0.119. The maximum atomic E-state index is 12.3. The van der Waals surface area contributed by atoms with Crippen molar-refractivity contribution in [1.82, 2.24) is 10.3 Å². The molecule has 0 radical (unpaired) electrons. The number of aryl methyl sites for hydroxylation is 1. The van der Waals surface area contributed by atoms with Gasteiger partial charge in [0.2, 0.25) is 5.91 Å². The van der Waals surface area contributed by atoms with Crippen molar-refractivity contribution in [3.8, 4) is 0 Å². The van der Waals surface area contributed by atoms with Gasteiger partial charge in [-0.15, -0.1) is 0 Å². The number of nitrogens with zero attached hydrogens (tertiary/aromatic N) is 1. The Balaban J connectivity index is 1.91. The van der Waals surface area contributed by atoms with Crippen molar-refractivity contribution >= 4 is 51.6 Å². The van der Waals surface area contributed by atoms with Crippen LogP contribution in [0.2, 0.25) is 0 Å². The second kappa shape index (κ2) is 9.98. The van der Waals surface area contributed by atoms with Crippen LogP contribution in [0, 0.1) is 6.92 Å². The van der Waals surface area contributed by atoms with E-state index in [4.69, 9.17) is 16.6 Å². The number of anilines is 1. The van der Waals surface area contributed by atoms with Crippen LogP contribution in [0.4, 0.5) is 5.13 Å². The quantitative estimate of drug-likeness (QED) is 0.301. The normalized spacial score (nSPS) is 10.8. The van der Waals surface area contributed by atoms with E-state index < -0.39 is 0 Å². The van der Waals surface area contributed by atoms with Crippen molar-refractivity contribution in [3.05, 3.63) is 40.8 Å². The van der Waals surface area contributed by atoms with Gasteiger partial charge >= 0.3 is 0 Å². The van der Waals surface area contributed by atoms with Crippen LogP contribution >= 0.6 is 23.6 Å². The van der Waals surface area contributed by atoms with E-state index in [9.17, 15) is 9.59 Å². The fraction of sp³-hybridized carbons (Fsp3) is 0.333. The molecule has 0 aromatic carbocycles. The molecule has 6 nitrogen and oxygen atoms in total. The summed E-state index contributed by atoms with van der Waals surface area (Å²) in [6.45, 7) is 3.83. The largest absolute Gasteiger partial charge is 0.465 e. The zero-order valence-electron chi connectivity index (χ0n) is 14.7. The van der Waals surface area contributed by atoms with Crippen molar-refractivity contribution in [2.24, 2.45) is 0 Å². The number of amides is 1. The number of rotatable bonds is 8. The molecule has 2 aromatic heterocycles. The zero-order chi connectivity index (χ0) is 18.9. The molecule has 0 spiro atoms. The SMILES string of the molecule is CCCCCC(=O)NC(=S)Nc1nc(C)c(C(=O)C=Cc2ccco2)s1. The molecule has 1 amide bonds. The van der Waals surface area contributed by atoms with E-state index in [0.29, 0.717) is 27.9 Å². The predicted octanol–water partition coefficient (Wildman–Crippen LogP) is 4.33. The lowest BCUT2D eigenvalue weighted by atomic mass is 10.2. The number of thiazole rings is 1. The third-order valence-corrected chi connectivity index (χ3v) is 4.73. The van der Waals surface area contributed by atoms with E-state index in [-0.39, 0.29) is 16.8 Å². The van der Waals surface area contributed by atoms with E-state index in [0.717, 1.165) is 19.3 Å². The number of nitrogens with one attached hydrogen (secondary N) is 2. The van der Waals surface area contributed by atoms with E-state index in [1.807, 2.05) is 0 Å². The molecule has 0 atom stereocenters. The lowest BCUT2D eigenvalue weighted by Crippen LogP contribution is -2.33. The van der Waals surface area contributed by atoms with Gasteiger partial charge in [-0.3, -0.25) is 9.59 Å². The van der Waals surface area contributed by atoms with Gasteiger partial charge in [0.1, 0.15) is 5.76 Å². The molecule has 8 heteroatoms. The zero-order valence-corrected chi connectivity index (χ0v) is 16.3. The summed E-state index contributed by atoms with van der Waals surface area (Å²) in [6, 6.07) is 3.51. The molecule has 0 aliphatic carbocycles. The van der Waals surface area contributed by atoms with Gasteiger partial charge in [0.25, 0.3) is 0 Å². The van der Waals surface area contributed by atoms with Crippen LogP contribution in [0.15, 0.2) is 28.9 Å². The molecule has 26 heavy (non-hydrogen) atoms. The minimum Gasteiger partial charge on any atom is -0.465 e. The first-order valence-corrected chi connectivity index (χ1v) is 9.56. The average molecular weight is 392 g/mol. The standard InChI is InChI=1S/C18H21N3O3S2/c1-3-4-5-8-15(23)20-17(25)21-18-19-12(2)16(26-18)14(22)10-9-13-7-6-11-24-13/h6-7,9-11H,3-5,8H2,1-2H3,(H2,19,20,21,23,25). The molecule has 2 rings (SSSR count). The molecule has 2 aromatic rings. The molecule has 0 fully saturated rings. The summed E-state index contributed by atoms with van der Waals surface area (Å²) in [6.07, 6.45) is 7.93. The number of carbonyl (C=O) groups is 2. The molecule has 0 aliphatic rings. The highest BCUT2D eigenvalue weighted by molar-refractivity contribution is 7.80. The summed E-state index contributed by atoms with van der Waals surface area (Å²) in [5, 5.41) is 6.14. The monoisotopic (exact) mass is 391 g/mol. The fourth-order valence-electron chi connectivity index (χ4n) is 2.15. The second-order valence-electron chi connectivity index (χ2n) is 5.61. The Kier molecular flexibility index (Phi) is 7.68. The van der Waals surface area contributed by atoms with Crippen molar-refractivity contribution in [2.75, 3.05) is 5.32 Å². The second-order valence-corrected chi connectivity index (χ2v) is 7.01. The Labute approximate surface area is 161 Å². The summed E-state index contributed by atoms with van der Waals surface area (Å²) >= 11 is 6.32. The van der Waals surface area contributed by atoms with Gasteiger partial charge in [-0.2, -0.15) is 0 Å². The molecule has 2 heterocycles. The number of furan rings is 1. The number of allylic oxidation sites excluding steroid dienone is 1. The number of carbonyl (C=O) groups excluding carboxylic acids is 2. The topological polar surface area (TPSA) is 84.2 Å². The Bertz CT molecular complexity index is 795. The van der Waals surface area contributed by atoms with Gasteiger partial charge in [0.05, 0.1) is 16.8 Å². The summed E-state index contributed by atoms with van der Waals surface area (Å²) < 4.78 is 5.16. The summed E-state index contributed by atoms with van der Waals surface area (Å²) in [5.74, 6) is 0.312. The third-order valence-electron chi connectivity index (χ3n) is 3.44. The Morgan fingerprint density at radius 1 is 1.38 bits per heavy atom. The fourth-order valence-corrected chi connectivity index (χ4v) is 3.32. The first-order valence-electron chi connectivity index (χ1n) is 8.33. The molecule has 138 valence electrons. The molecule has 0 saturated heterocycles. The van der Waals surface area contributed by atoms with Crippen molar-refractivity contribution in [1.29, 1.82) is 0 Å². The summed E-state index contributed by atoms with van der Waals surface area (Å²) in [7, 11) is 0. The number of unbranched alkanes of at least 4 members (excludes halogenated alkanes) is 2. The lowest BCUT2D eigenvalue weighted by Gasteiger charge is -2.06. The Hall–Kier alpha value is -2.32. The highest BCUT2D eigenvalue weighted by atomic mass is 32.1. The van der Waals surface area contributed by atoms with Crippen molar-refractivity contribution < 1.29 is 14.0 Å². The van der Waals surface area contributed by atoms with Crippen LogP contribution in [-0.2, 0) is 4.79 Å². The smallest absolute Gasteiger partial charge is 0.226 e. The summed E-state index contributed by atoms with van der Waals surface area (Å²) in [4.78, 5) is 28.9. The Morgan fingerprint density at radius 3 is 2.88 bits per heavy atom.